The topological polar surface area (TPSA) is 12.0 Å². The van der Waals surface area contributed by atoms with Gasteiger partial charge in [-0.25, -0.2) is 0 Å². The Morgan fingerprint density at radius 2 is 1.78 bits per heavy atom. The molecule has 0 fully saturated rings. The molecule has 3 heteroatoms. The van der Waals surface area contributed by atoms with Crippen LogP contribution in [0.15, 0.2) is 48.6 Å². The van der Waals surface area contributed by atoms with E-state index in [1.165, 1.54) is 11.1 Å². The van der Waals surface area contributed by atoms with E-state index in [1.54, 1.807) is 0 Å². The fraction of sp³-hybridized carbons (Fsp3) is 0.300. The average molecular weight is 344 g/mol. The molecule has 3 atom stereocenters. The third-order valence-electron chi connectivity index (χ3n) is 5.16. The van der Waals surface area contributed by atoms with Crippen LogP contribution in [0.2, 0.25) is 10.0 Å². The van der Waals surface area contributed by atoms with E-state index in [4.69, 9.17) is 23.2 Å². The highest BCUT2D eigenvalue weighted by Gasteiger charge is 2.39. The number of allylic oxidation sites excluding steroid dienone is 2. The van der Waals surface area contributed by atoms with E-state index in [1.807, 2.05) is 12.1 Å². The monoisotopic (exact) mass is 343 g/mol. The lowest BCUT2D eigenvalue weighted by molar-refractivity contribution is 0.425. The van der Waals surface area contributed by atoms with Crippen molar-refractivity contribution in [1.82, 2.24) is 0 Å². The minimum atomic E-state index is 0.268. The zero-order valence-corrected chi connectivity index (χ0v) is 14.5. The lowest BCUT2D eigenvalue weighted by Crippen LogP contribution is -2.29. The van der Waals surface area contributed by atoms with Gasteiger partial charge in [0, 0.05) is 16.5 Å². The molecule has 1 aliphatic heterocycles. The summed E-state index contributed by atoms with van der Waals surface area (Å²) in [5.41, 5.74) is 4.84. The number of nitrogens with one attached hydrogen (secondary N) is 1. The third-order valence-corrected chi connectivity index (χ3v) is 5.81. The van der Waals surface area contributed by atoms with E-state index >= 15 is 0 Å². The quantitative estimate of drug-likeness (QED) is 0.623. The second kappa shape index (κ2) is 5.89. The Morgan fingerprint density at radius 1 is 1.04 bits per heavy atom. The van der Waals surface area contributed by atoms with E-state index < -0.39 is 0 Å². The van der Waals surface area contributed by atoms with Gasteiger partial charge in [0.25, 0.3) is 0 Å². The molecular weight excluding hydrogens is 325 g/mol. The maximum absolute atomic E-state index is 6.48. The number of hydrogen-bond acceptors (Lipinski definition) is 1. The highest BCUT2D eigenvalue weighted by Crippen LogP contribution is 2.53. The summed E-state index contributed by atoms with van der Waals surface area (Å²) in [5, 5.41) is 5.23. The zero-order valence-electron chi connectivity index (χ0n) is 13.0. The largest absolute Gasteiger partial charge is 0.376 e. The van der Waals surface area contributed by atoms with Crippen LogP contribution in [0.25, 0.3) is 0 Å². The fourth-order valence-electron chi connectivity index (χ4n) is 3.92. The minimum Gasteiger partial charge on any atom is -0.376 e. The number of hydrogen-bond donors (Lipinski definition) is 1. The van der Waals surface area contributed by atoms with Crippen LogP contribution in [0.1, 0.15) is 42.0 Å². The third kappa shape index (κ3) is 2.47. The molecule has 0 amide bonds. The molecule has 23 heavy (non-hydrogen) atoms. The molecule has 0 bridgehead atoms. The van der Waals surface area contributed by atoms with E-state index in [9.17, 15) is 0 Å². The number of fused-ring (bicyclic) bond motifs is 3. The highest BCUT2D eigenvalue weighted by atomic mass is 35.5. The number of anilines is 1. The molecular formula is C20H19Cl2N. The van der Waals surface area contributed by atoms with Crippen molar-refractivity contribution in [2.24, 2.45) is 5.92 Å². The Kier molecular flexibility index (Phi) is 3.87. The molecule has 0 aromatic heterocycles. The van der Waals surface area contributed by atoms with Crippen molar-refractivity contribution in [3.63, 3.8) is 0 Å². The SMILES string of the molecule is CCc1ccc([C@@H]2Nc3c(Cl)ccc(Cl)c3[C@@H]3C=CC[C@H]32)cc1. The molecule has 4 rings (SSSR count). The highest BCUT2D eigenvalue weighted by molar-refractivity contribution is 6.36. The fourth-order valence-corrected chi connectivity index (χ4v) is 4.42. The van der Waals surface area contributed by atoms with Gasteiger partial charge in [-0.05, 0) is 42.0 Å². The molecule has 0 unspecified atom stereocenters. The van der Waals surface area contributed by atoms with E-state index in [-0.39, 0.29) is 6.04 Å². The molecule has 0 saturated carbocycles. The number of aryl methyl sites for hydroxylation is 1. The van der Waals surface area contributed by atoms with Crippen molar-refractivity contribution >= 4 is 28.9 Å². The standard InChI is InChI=1S/C20H19Cl2N/c1-2-12-6-8-13(9-7-12)19-15-5-3-4-14(15)18-16(21)10-11-17(22)20(18)23-19/h3-4,6-11,14-15,19,23H,2,5H2,1H3/t14-,15-,19+/m1/s1. The van der Waals surface area contributed by atoms with Gasteiger partial charge < -0.3 is 5.32 Å². The smallest absolute Gasteiger partial charge is 0.0641 e. The molecule has 0 saturated heterocycles. The predicted octanol–water partition coefficient (Wildman–Crippen LogP) is 6.38. The van der Waals surface area contributed by atoms with Gasteiger partial charge in [-0.2, -0.15) is 0 Å². The molecule has 2 aromatic carbocycles. The van der Waals surface area contributed by atoms with Gasteiger partial charge in [-0.1, -0.05) is 66.5 Å². The van der Waals surface area contributed by atoms with Gasteiger partial charge in [0.15, 0.2) is 0 Å². The number of benzene rings is 2. The van der Waals surface area contributed by atoms with Crippen molar-refractivity contribution in [2.45, 2.75) is 31.7 Å². The van der Waals surface area contributed by atoms with Crippen LogP contribution >= 0.6 is 23.2 Å². The van der Waals surface area contributed by atoms with Crippen molar-refractivity contribution in [2.75, 3.05) is 5.32 Å². The molecule has 0 spiro atoms. The number of rotatable bonds is 2. The number of halogens is 2. The summed E-state index contributed by atoms with van der Waals surface area (Å²) in [6.07, 6.45) is 6.70. The van der Waals surface area contributed by atoms with Crippen LogP contribution < -0.4 is 5.32 Å². The van der Waals surface area contributed by atoms with E-state index in [2.05, 4.69) is 48.7 Å². The summed E-state index contributed by atoms with van der Waals surface area (Å²) in [4.78, 5) is 0. The van der Waals surface area contributed by atoms with E-state index in [0.29, 0.717) is 11.8 Å². The Bertz CT molecular complexity index is 764. The average Bonchev–Trinajstić information content (AvgIpc) is 3.07. The Morgan fingerprint density at radius 3 is 2.52 bits per heavy atom. The summed E-state index contributed by atoms with van der Waals surface area (Å²) in [7, 11) is 0. The van der Waals surface area contributed by atoms with Crippen LogP contribution in [0.4, 0.5) is 5.69 Å². The molecule has 1 nitrogen and oxygen atoms in total. The van der Waals surface area contributed by atoms with Crippen LogP contribution in [0, 0.1) is 5.92 Å². The lowest BCUT2D eigenvalue weighted by atomic mass is 9.77. The van der Waals surface area contributed by atoms with Crippen LogP contribution in [-0.2, 0) is 6.42 Å². The predicted molar refractivity (Wildman–Crippen MR) is 98.6 cm³/mol. The molecule has 2 aromatic rings. The molecule has 0 radical (unpaired) electrons. The summed E-state index contributed by atoms with van der Waals surface area (Å²) >= 11 is 12.9. The summed E-state index contributed by atoms with van der Waals surface area (Å²) < 4.78 is 0. The molecule has 2 aliphatic rings. The first kappa shape index (κ1) is 15.1. The van der Waals surface area contributed by atoms with Crippen LogP contribution in [-0.4, -0.2) is 0 Å². The second-order valence-electron chi connectivity index (χ2n) is 6.39. The molecule has 1 N–H and O–H groups in total. The maximum Gasteiger partial charge on any atom is 0.0641 e. The van der Waals surface area contributed by atoms with E-state index in [0.717, 1.165) is 34.1 Å². The summed E-state index contributed by atoms with van der Waals surface area (Å²) in [5.74, 6) is 0.833. The summed E-state index contributed by atoms with van der Waals surface area (Å²) in [6.45, 7) is 2.18. The summed E-state index contributed by atoms with van der Waals surface area (Å²) in [6, 6.07) is 13.0. The first-order valence-electron chi connectivity index (χ1n) is 8.19. The van der Waals surface area contributed by atoms with Gasteiger partial charge in [0.05, 0.1) is 16.8 Å². The van der Waals surface area contributed by atoms with Gasteiger partial charge in [0.1, 0.15) is 0 Å². The van der Waals surface area contributed by atoms with Crippen molar-refractivity contribution in [3.05, 3.63) is 75.3 Å². The molecule has 118 valence electrons. The Hall–Kier alpha value is -1.44. The lowest BCUT2D eigenvalue weighted by Gasteiger charge is -2.38. The second-order valence-corrected chi connectivity index (χ2v) is 7.20. The van der Waals surface area contributed by atoms with Crippen LogP contribution in [0.3, 0.4) is 0 Å². The Balaban J connectivity index is 1.79. The normalized spacial score (nSPS) is 24.9. The zero-order chi connectivity index (χ0) is 16.0. The maximum atomic E-state index is 6.48. The minimum absolute atomic E-state index is 0.268. The van der Waals surface area contributed by atoms with Gasteiger partial charge in [-0.15, -0.1) is 0 Å². The van der Waals surface area contributed by atoms with Gasteiger partial charge in [-0.3, -0.25) is 0 Å². The van der Waals surface area contributed by atoms with Crippen LogP contribution in [0.5, 0.6) is 0 Å². The van der Waals surface area contributed by atoms with Crippen molar-refractivity contribution in [1.29, 1.82) is 0 Å². The first-order valence-corrected chi connectivity index (χ1v) is 8.94. The Labute approximate surface area is 147 Å². The van der Waals surface area contributed by atoms with Crippen molar-refractivity contribution < 1.29 is 0 Å². The van der Waals surface area contributed by atoms with Gasteiger partial charge in [0.2, 0.25) is 0 Å². The molecule has 1 aliphatic carbocycles. The van der Waals surface area contributed by atoms with Crippen molar-refractivity contribution in [3.8, 4) is 0 Å². The first-order chi connectivity index (χ1) is 11.2. The molecule has 1 heterocycles. The van der Waals surface area contributed by atoms with Gasteiger partial charge >= 0.3 is 0 Å².